The molecule has 0 bridgehead atoms. The predicted octanol–water partition coefficient (Wildman–Crippen LogP) is 3.00. The first-order valence-corrected chi connectivity index (χ1v) is 9.93. The fourth-order valence-corrected chi connectivity index (χ4v) is 4.21. The second-order valence-corrected chi connectivity index (χ2v) is 8.32. The molecule has 0 aromatic carbocycles. The summed E-state index contributed by atoms with van der Waals surface area (Å²) in [4.78, 5) is 27.2. The molecule has 1 N–H and O–H groups in total. The Morgan fingerprint density at radius 2 is 2.14 bits per heavy atom. The first kappa shape index (κ1) is 17.9. The largest absolute Gasteiger partial charge is 0.460 e. The Morgan fingerprint density at radius 1 is 1.34 bits per heavy atom. The zero-order valence-corrected chi connectivity index (χ0v) is 16.5. The molecule has 5 rings (SSSR count). The number of carbonyl (C=O) groups is 1. The number of nitrogens with one attached hydrogen (secondary N) is 1. The number of aromatic nitrogens is 3. The number of nitrogens with zero attached hydrogens (tertiary/aromatic N) is 5. The van der Waals surface area contributed by atoms with Crippen molar-refractivity contribution in [3.05, 3.63) is 29.6 Å². The first-order chi connectivity index (χ1) is 14.0. The Balaban J connectivity index is 1.46. The van der Waals surface area contributed by atoms with E-state index in [0.717, 1.165) is 49.4 Å². The summed E-state index contributed by atoms with van der Waals surface area (Å²) in [5, 5.41) is 11.7. The number of carbonyl (C=O) groups excluding carboxylic acids is 1. The minimum atomic E-state index is -0.145. The van der Waals surface area contributed by atoms with Crippen LogP contribution >= 0.6 is 0 Å². The van der Waals surface area contributed by atoms with Gasteiger partial charge in [0.05, 0.1) is 17.7 Å². The van der Waals surface area contributed by atoms with Gasteiger partial charge in [-0.1, -0.05) is 0 Å². The Kier molecular flexibility index (Phi) is 3.95. The topological polar surface area (TPSA) is 104 Å². The number of hydrogen-bond acceptors (Lipinski definition) is 7. The zero-order valence-electron chi connectivity index (χ0n) is 16.5. The van der Waals surface area contributed by atoms with Crippen molar-refractivity contribution in [1.82, 2.24) is 15.0 Å². The second kappa shape index (κ2) is 6.41. The number of anilines is 3. The molecule has 3 aliphatic rings. The van der Waals surface area contributed by atoms with E-state index in [4.69, 9.17) is 10.00 Å². The van der Waals surface area contributed by atoms with Crippen LogP contribution in [-0.4, -0.2) is 33.5 Å². The predicted molar refractivity (Wildman–Crippen MR) is 106 cm³/mol. The van der Waals surface area contributed by atoms with Crippen molar-refractivity contribution in [2.45, 2.75) is 51.0 Å². The number of fused-ring (bicyclic) bond motifs is 2. The van der Waals surface area contributed by atoms with Crippen LogP contribution in [0, 0.1) is 24.2 Å². The fourth-order valence-electron chi connectivity index (χ4n) is 4.21. The number of rotatable bonds is 4. The van der Waals surface area contributed by atoms with Crippen molar-refractivity contribution in [3.8, 4) is 12.1 Å². The molecule has 2 aliphatic carbocycles. The molecule has 1 amide bonds. The summed E-state index contributed by atoms with van der Waals surface area (Å²) in [7, 11) is 0. The van der Waals surface area contributed by atoms with Gasteiger partial charge < -0.3 is 15.0 Å². The molecule has 0 saturated heterocycles. The number of aryl methyl sites for hydroxylation is 1. The summed E-state index contributed by atoms with van der Waals surface area (Å²) in [6.07, 6.45) is 5.60. The SMILES string of the molecule is CC(=O)Nc1cc2c(cn1)C1(CC1)CN2c1cc(C)nc(OC2CC(C#N)C2)n1. The molecule has 3 heterocycles. The van der Waals surface area contributed by atoms with E-state index in [1.807, 2.05) is 25.3 Å². The molecule has 148 valence electrons. The summed E-state index contributed by atoms with van der Waals surface area (Å²) in [5.41, 5.74) is 3.19. The molecule has 2 saturated carbocycles. The Morgan fingerprint density at radius 3 is 2.83 bits per heavy atom. The van der Waals surface area contributed by atoms with Crippen LogP contribution in [0.3, 0.4) is 0 Å². The molecule has 29 heavy (non-hydrogen) atoms. The number of amides is 1. The minimum Gasteiger partial charge on any atom is -0.460 e. The molecule has 2 aromatic heterocycles. The van der Waals surface area contributed by atoms with Crippen molar-refractivity contribution < 1.29 is 9.53 Å². The highest BCUT2D eigenvalue weighted by Crippen LogP contribution is 2.58. The molecular formula is C21H22N6O2. The van der Waals surface area contributed by atoms with Gasteiger partial charge in [-0.2, -0.15) is 10.2 Å². The molecule has 0 atom stereocenters. The van der Waals surface area contributed by atoms with Gasteiger partial charge in [0.2, 0.25) is 5.91 Å². The molecule has 8 nitrogen and oxygen atoms in total. The van der Waals surface area contributed by atoms with Crippen LogP contribution in [0.2, 0.25) is 0 Å². The van der Waals surface area contributed by atoms with Gasteiger partial charge in [0.15, 0.2) is 0 Å². The van der Waals surface area contributed by atoms with Crippen LogP contribution in [0.1, 0.15) is 43.9 Å². The lowest BCUT2D eigenvalue weighted by Crippen LogP contribution is -2.33. The standard InChI is InChI=1S/C21H22N6O2/c1-12-5-19(26-20(24-12)29-15-6-14(7-15)9-22)27-11-21(3-4-21)16-10-23-18(8-17(16)27)25-13(2)28/h5,8,10,14-15H,3-4,6-7,11H2,1-2H3,(H,23,25,28). The molecule has 8 heteroatoms. The van der Waals surface area contributed by atoms with Crippen molar-refractivity contribution in [1.29, 1.82) is 5.26 Å². The third-order valence-electron chi connectivity index (χ3n) is 6.01. The van der Waals surface area contributed by atoms with Gasteiger partial charge in [-0.25, -0.2) is 9.97 Å². The quantitative estimate of drug-likeness (QED) is 0.856. The average molecular weight is 390 g/mol. The van der Waals surface area contributed by atoms with Crippen molar-refractivity contribution >= 4 is 23.2 Å². The molecule has 0 unspecified atom stereocenters. The first-order valence-electron chi connectivity index (χ1n) is 9.93. The van der Waals surface area contributed by atoms with Crippen LogP contribution in [0.25, 0.3) is 0 Å². The van der Waals surface area contributed by atoms with E-state index in [2.05, 4.69) is 31.2 Å². The second-order valence-electron chi connectivity index (χ2n) is 8.32. The van der Waals surface area contributed by atoms with Gasteiger partial charge in [0.1, 0.15) is 17.7 Å². The highest BCUT2D eigenvalue weighted by molar-refractivity contribution is 5.89. The maximum atomic E-state index is 11.5. The normalized spacial score (nSPS) is 23.1. The monoisotopic (exact) mass is 390 g/mol. The number of nitriles is 1. The van der Waals surface area contributed by atoms with E-state index in [1.165, 1.54) is 12.5 Å². The highest BCUT2D eigenvalue weighted by Gasteiger charge is 2.52. The molecule has 2 aromatic rings. The van der Waals surface area contributed by atoms with E-state index < -0.39 is 0 Å². The average Bonchev–Trinajstić information content (AvgIpc) is 3.34. The van der Waals surface area contributed by atoms with Gasteiger partial charge in [0.25, 0.3) is 0 Å². The van der Waals surface area contributed by atoms with Crippen molar-refractivity contribution in [2.75, 3.05) is 16.8 Å². The van der Waals surface area contributed by atoms with Crippen molar-refractivity contribution in [3.63, 3.8) is 0 Å². The molecule has 1 aliphatic heterocycles. The number of ether oxygens (including phenoxy) is 1. The van der Waals surface area contributed by atoms with E-state index in [-0.39, 0.29) is 23.3 Å². The van der Waals surface area contributed by atoms with E-state index >= 15 is 0 Å². The van der Waals surface area contributed by atoms with Gasteiger partial charge in [0, 0.05) is 61.3 Å². The zero-order chi connectivity index (χ0) is 20.2. The van der Waals surface area contributed by atoms with Crippen LogP contribution in [0.4, 0.5) is 17.3 Å². The lowest BCUT2D eigenvalue weighted by Gasteiger charge is -2.30. The van der Waals surface area contributed by atoms with E-state index in [9.17, 15) is 4.79 Å². The summed E-state index contributed by atoms with van der Waals surface area (Å²) in [5.74, 6) is 1.25. The lowest BCUT2D eigenvalue weighted by molar-refractivity contribution is -0.114. The van der Waals surface area contributed by atoms with Gasteiger partial charge in [-0.15, -0.1) is 0 Å². The number of pyridine rings is 1. The fraction of sp³-hybridized carbons (Fsp3) is 0.476. The van der Waals surface area contributed by atoms with Crippen molar-refractivity contribution in [2.24, 2.45) is 5.92 Å². The Labute approximate surface area is 168 Å². The maximum Gasteiger partial charge on any atom is 0.318 e. The van der Waals surface area contributed by atoms with Crippen LogP contribution in [0.15, 0.2) is 18.3 Å². The van der Waals surface area contributed by atoms with Crippen LogP contribution in [0.5, 0.6) is 6.01 Å². The Bertz CT molecular complexity index is 1040. The minimum absolute atomic E-state index is 0.00510. The van der Waals surface area contributed by atoms with Gasteiger partial charge in [-0.3, -0.25) is 4.79 Å². The lowest BCUT2D eigenvalue weighted by atomic mass is 9.84. The summed E-state index contributed by atoms with van der Waals surface area (Å²) in [6, 6.07) is 6.50. The third kappa shape index (κ3) is 3.16. The third-order valence-corrected chi connectivity index (χ3v) is 6.01. The number of hydrogen-bond donors (Lipinski definition) is 1. The van der Waals surface area contributed by atoms with Crippen LogP contribution < -0.4 is 15.0 Å². The van der Waals surface area contributed by atoms with Crippen LogP contribution in [-0.2, 0) is 10.2 Å². The van der Waals surface area contributed by atoms with E-state index in [0.29, 0.717) is 11.8 Å². The van der Waals surface area contributed by atoms with E-state index in [1.54, 1.807) is 0 Å². The molecular weight excluding hydrogens is 368 g/mol. The molecule has 2 fully saturated rings. The van der Waals surface area contributed by atoms with Gasteiger partial charge >= 0.3 is 6.01 Å². The van der Waals surface area contributed by atoms with Gasteiger partial charge in [-0.05, 0) is 19.8 Å². The molecule has 0 radical (unpaired) electrons. The maximum absolute atomic E-state index is 11.5. The summed E-state index contributed by atoms with van der Waals surface area (Å²) >= 11 is 0. The smallest absolute Gasteiger partial charge is 0.318 e. The molecule has 1 spiro atoms. The summed E-state index contributed by atoms with van der Waals surface area (Å²) < 4.78 is 5.93. The Hall–Kier alpha value is -3.21. The summed E-state index contributed by atoms with van der Waals surface area (Å²) in [6.45, 7) is 4.24. The highest BCUT2D eigenvalue weighted by atomic mass is 16.5.